The third-order valence-electron chi connectivity index (χ3n) is 7.77. The van der Waals surface area contributed by atoms with Crippen LogP contribution in [0, 0.1) is 5.82 Å². The number of hydrogen-bond acceptors (Lipinski definition) is 10. The summed E-state index contributed by atoms with van der Waals surface area (Å²) in [4.78, 5) is 16.4. The number of aromatic nitrogens is 2. The summed E-state index contributed by atoms with van der Waals surface area (Å²) in [6, 6.07) is 5.30. The number of aliphatic hydroxyl groups excluding tert-OH is 1. The molecule has 1 aromatic heterocycles. The van der Waals surface area contributed by atoms with E-state index in [2.05, 4.69) is 49.0 Å². The van der Waals surface area contributed by atoms with Gasteiger partial charge in [0.25, 0.3) is 0 Å². The first-order valence-electron chi connectivity index (χ1n) is 14.8. The van der Waals surface area contributed by atoms with Crippen molar-refractivity contribution in [2.45, 2.75) is 91.1 Å². The van der Waals surface area contributed by atoms with Gasteiger partial charge in [0.15, 0.2) is 8.32 Å². The molecule has 1 saturated heterocycles. The van der Waals surface area contributed by atoms with E-state index in [0.29, 0.717) is 48.6 Å². The largest absolute Gasteiger partial charge is 0.412 e. The van der Waals surface area contributed by atoms with Crippen LogP contribution in [-0.4, -0.2) is 86.3 Å². The molecule has 0 saturated carbocycles. The molecule has 0 amide bonds. The highest BCUT2D eigenvalue weighted by molar-refractivity contribution is 7.88. The first kappa shape index (κ1) is 36.0. The van der Waals surface area contributed by atoms with Gasteiger partial charge in [-0.1, -0.05) is 44.1 Å². The lowest BCUT2D eigenvalue weighted by Crippen LogP contribution is -2.46. The van der Waals surface area contributed by atoms with Crippen molar-refractivity contribution in [2.75, 3.05) is 37.4 Å². The number of aliphatic hydroxyl groups is 1. The molecule has 0 spiro atoms. The molecule has 246 valence electrons. The molecule has 1 N–H and O–H groups in total. The minimum absolute atomic E-state index is 0.0346. The lowest BCUT2D eigenvalue weighted by Gasteiger charge is -2.36. The van der Waals surface area contributed by atoms with Crippen LogP contribution in [0.25, 0.3) is 11.1 Å². The maximum Gasteiger partial charge on any atom is 0.229 e. The van der Waals surface area contributed by atoms with Crippen molar-refractivity contribution in [3.05, 3.63) is 42.0 Å². The summed E-state index contributed by atoms with van der Waals surface area (Å²) in [6.07, 6.45) is 3.87. The van der Waals surface area contributed by atoms with E-state index in [-0.39, 0.29) is 30.6 Å². The number of piperidine rings is 1. The summed E-state index contributed by atoms with van der Waals surface area (Å²) < 4.78 is 52.1. The normalized spacial score (nSPS) is 15.9. The highest BCUT2D eigenvalue weighted by atomic mass is 32.2. The van der Waals surface area contributed by atoms with Gasteiger partial charge in [0, 0.05) is 55.0 Å². The molecule has 0 aliphatic carbocycles. The van der Waals surface area contributed by atoms with Gasteiger partial charge in [-0.2, -0.15) is 0 Å². The lowest BCUT2D eigenvalue weighted by molar-refractivity contribution is -0.216. The molecule has 3 rings (SSSR count). The smallest absolute Gasteiger partial charge is 0.229 e. The summed E-state index contributed by atoms with van der Waals surface area (Å²) >= 11 is 0. The highest BCUT2D eigenvalue weighted by Crippen LogP contribution is 2.37. The van der Waals surface area contributed by atoms with E-state index in [1.807, 2.05) is 11.0 Å². The van der Waals surface area contributed by atoms with Gasteiger partial charge in [-0.25, -0.2) is 22.8 Å². The van der Waals surface area contributed by atoms with Crippen molar-refractivity contribution < 1.29 is 31.9 Å². The summed E-state index contributed by atoms with van der Waals surface area (Å²) in [7, 11) is -5.76. The average Bonchev–Trinajstić information content (AvgIpc) is 2.90. The van der Waals surface area contributed by atoms with Gasteiger partial charge in [-0.05, 0) is 38.9 Å². The molecule has 11 nitrogen and oxygen atoms in total. The van der Waals surface area contributed by atoms with Crippen LogP contribution in [-0.2, 0) is 30.6 Å². The highest BCUT2D eigenvalue weighted by Gasteiger charge is 2.37. The second-order valence-corrected chi connectivity index (χ2v) is 20.3. The molecule has 14 heteroatoms. The first-order valence-corrected chi connectivity index (χ1v) is 19.5. The zero-order valence-electron chi connectivity index (χ0n) is 27.4. The zero-order chi connectivity index (χ0) is 32.9. The van der Waals surface area contributed by atoms with Crippen molar-refractivity contribution in [3.8, 4) is 11.1 Å². The number of benzene rings is 1. The predicted octanol–water partition coefficient (Wildman–Crippen LogP) is 5.13. The molecule has 44 heavy (non-hydrogen) atoms. The van der Waals surface area contributed by atoms with Gasteiger partial charge in [0.2, 0.25) is 22.4 Å². The van der Waals surface area contributed by atoms with Gasteiger partial charge in [0.1, 0.15) is 12.4 Å². The molecule has 1 aliphatic heterocycles. The Morgan fingerprint density at radius 3 is 2.27 bits per heavy atom. The number of ether oxygens (including phenoxy) is 1. The quantitative estimate of drug-likeness (QED) is 0.144. The number of oxime groups is 1. The minimum Gasteiger partial charge on any atom is -0.412 e. The molecular formula is C30H48FN5O6SSi. The van der Waals surface area contributed by atoms with Crippen molar-refractivity contribution >= 4 is 30.0 Å². The fourth-order valence-corrected chi connectivity index (χ4v) is 5.88. The number of halogens is 1. The van der Waals surface area contributed by atoms with Crippen LogP contribution >= 0.6 is 0 Å². The van der Waals surface area contributed by atoms with Gasteiger partial charge in [-0.15, -0.1) is 4.31 Å². The van der Waals surface area contributed by atoms with Gasteiger partial charge in [0.05, 0.1) is 30.7 Å². The molecule has 1 atom stereocenters. The van der Waals surface area contributed by atoms with E-state index in [4.69, 9.17) is 14.0 Å². The third-order valence-corrected chi connectivity index (χ3v) is 13.5. The van der Waals surface area contributed by atoms with Crippen LogP contribution in [0.4, 0.5) is 10.3 Å². The summed E-state index contributed by atoms with van der Waals surface area (Å²) in [6.45, 7) is 17.2. The molecule has 1 aliphatic rings. The van der Waals surface area contributed by atoms with Crippen molar-refractivity contribution in [3.63, 3.8) is 0 Å². The van der Waals surface area contributed by atoms with Gasteiger partial charge in [-0.3, -0.25) is 0 Å². The predicted molar refractivity (Wildman–Crippen MR) is 173 cm³/mol. The molecule has 2 heterocycles. The minimum atomic E-state index is -3.73. The molecule has 2 aromatic rings. The maximum absolute atomic E-state index is 15.5. The molecular weight excluding hydrogens is 606 g/mol. The van der Waals surface area contributed by atoms with E-state index >= 15 is 4.39 Å². The second kappa shape index (κ2) is 14.3. The van der Waals surface area contributed by atoms with Crippen LogP contribution < -0.4 is 4.90 Å². The van der Waals surface area contributed by atoms with Crippen molar-refractivity contribution in [2.24, 2.45) is 5.16 Å². The SMILES string of the molecule is CC(C)(C)OC(O)N(CCON=C1CCN(c2ncc(-c3cccc(CO[Si](C)(C)C(C)(C)C)c3F)cn2)CC1)S(C)(=O)=O. The summed E-state index contributed by atoms with van der Waals surface area (Å²) in [5.41, 5.74) is 1.64. The zero-order valence-corrected chi connectivity index (χ0v) is 29.2. The fraction of sp³-hybridized carbons (Fsp3) is 0.633. The molecule has 0 radical (unpaired) electrons. The monoisotopic (exact) mass is 653 g/mol. The lowest BCUT2D eigenvalue weighted by atomic mass is 10.1. The molecule has 1 unspecified atom stereocenters. The van der Waals surface area contributed by atoms with Crippen LogP contribution in [0.15, 0.2) is 35.7 Å². The Balaban J connectivity index is 1.55. The Bertz CT molecular complexity index is 1380. The van der Waals surface area contributed by atoms with E-state index < -0.39 is 30.4 Å². The van der Waals surface area contributed by atoms with Gasteiger partial charge < -0.3 is 24.0 Å². The molecule has 1 aromatic carbocycles. The van der Waals surface area contributed by atoms with E-state index in [9.17, 15) is 13.5 Å². The van der Waals surface area contributed by atoms with Gasteiger partial charge >= 0.3 is 0 Å². The second-order valence-electron chi connectivity index (χ2n) is 13.5. The Hall–Kier alpha value is -2.49. The maximum atomic E-state index is 15.5. The first-order chi connectivity index (χ1) is 20.3. The summed E-state index contributed by atoms with van der Waals surface area (Å²) in [5.74, 6) is 0.223. The Kier molecular flexibility index (Phi) is 11.7. The van der Waals surface area contributed by atoms with Crippen molar-refractivity contribution in [1.29, 1.82) is 0 Å². The van der Waals surface area contributed by atoms with E-state index in [1.54, 1.807) is 45.3 Å². The topological polar surface area (TPSA) is 127 Å². The number of sulfonamides is 1. The van der Waals surface area contributed by atoms with E-state index in [0.717, 1.165) is 16.3 Å². The summed E-state index contributed by atoms with van der Waals surface area (Å²) in [5, 5.41) is 14.4. The molecule has 1 fully saturated rings. The number of rotatable bonds is 12. The number of anilines is 1. The Morgan fingerprint density at radius 2 is 1.73 bits per heavy atom. The number of nitrogens with zero attached hydrogens (tertiary/aromatic N) is 5. The Labute approximate surface area is 262 Å². The van der Waals surface area contributed by atoms with Crippen LogP contribution in [0.3, 0.4) is 0 Å². The average molecular weight is 654 g/mol. The standard InChI is InChI=1S/C30H48FN5O6SSi/c1-29(2,3)42-28(37)36(43(7,38)39)17-18-40-34-24-13-15-35(16-14-24)27-32-19-23(20-33-27)25-12-10-11-22(26(25)31)21-41-44(8,9)30(4,5)6/h10-12,19-20,28,37H,13-18,21H2,1-9H3. The number of hydrogen-bond donors (Lipinski definition) is 1. The third kappa shape index (κ3) is 10.0. The van der Waals surface area contributed by atoms with Crippen LogP contribution in [0.5, 0.6) is 0 Å². The van der Waals surface area contributed by atoms with Crippen molar-refractivity contribution in [1.82, 2.24) is 14.3 Å². The Morgan fingerprint density at radius 1 is 1.11 bits per heavy atom. The van der Waals surface area contributed by atoms with E-state index in [1.165, 1.54) is 0 Å². The molecule has 0 bridgehead atoms. The fourth-order valence-electron chi connectivity index (χ4n) is 4.15. The van der Waals surface area contributed by atoms with Crippen LogP contribution in [0.2, 0.25) is 18.1 Å². The van der Waals surface area contributed by atoms with Crippen LogP contribution in [0.1, 0.15) is 59.9 Å².